The lowest BCUT2D eigenvalue weighted by Crippen LogP contribution is -2.16. The van der Waals surface area contributed by atoms with Crippen molar-refractivity contribution in [1.82, 2.24) is 0 Å². The van der Waals surface area contributed by atoms with Crippen molar-refractivity contribution >= 4 is 11.8 Å². The Balaban J connectivity index is 1.90. The number of hydrogen-bond acceptors (Lipinski definition) is 2. The Bertz CT molecular complexity index is 337. The first-order valence-electron chi connectivity index (χ1n) is 6.54. The van der Waals surface area contributed by atoms with E-state index in [1.807, 2.05) is 11.8 Å². The van der Waals surface area contributed by atoms with E-state index in [0.717, 1.165) is 12.8 Å². The van der Waals surface area contributed by atoms with Gasteiger partial charge in [0.1, 0.15) is 0 Å². The summed E-state index contributed by atoms with van der Waals surface area (Å²) in [6.45, 7) is 4.81. The molecule has 94 valence electrons. The summed E-state index contributed by atoms with van der Waals surface area (Å²) in [5.41, 5.74) is 1.49. The number of fused-ring (bicyclic) bond motifs is 1. The molecule has 0 aromatic heterocycles. The minimum Gasteiger partial charge on any atom is -0.396 e. The van der Waals surface area contributed by atoms with E-state index in [9.17, 15) is 5.11 Å². The Labute approximate surface area is 109 Å². The zero-order chi connectivity index (χ0) is 12.3. The molecule has 0 spiro atoms. The molecule has 1 aromatic rings. The lowest BCUT2D eigenvalue weighted by atomic mass is 9.92. The molecule has 2 heteroatoms. The normalized spacial score (nSPS) is 20.6. The van der Waals surface area contributed by atoms with Crippen molar-refractivity contribution in [2.75, 3.05) is 6.61 Å². The maximum Gasteiger partial charge on any atom is 0.0459 e. The van der Waals surface area contributed by atoms with Gasteiger partial charge in [0.05, 0.1) is 0 Å². The molecular weight excluding hydrogens is 228 g/mol. The van der Waals surface area contributed by atoms with Gasteiger partial charge < -0.3 is 5.11 Å². The smallest absolute Gasteiger partial charge is 0.0459 e. The molecule has 1 aliphatic heterocycles. The van der Waals surface area contributed by atoms with Gasteiger partial charge in [-0.25, -0.2) is 0 Å². The van der Waals surface area contributed by atoms with Gasteiger partial charge in [-0.1, -0.05) is 32.0 Å². The molecule has 0 radical (unpaired) electrons. The first-order chi connectivity index (χ1) is 8.19. The summed E-state index contributed by atoms with van der Waals surface area (Å²) in [5, 5.41) is 10.1. The summed E-state index contributed by atoms with van der Waals surface area (Å²) >= 11 is 2.00. The topological polar surface area (TPSA) is 20.2 Å². The van der Waals surface area contributed by atoms with E-state index in [4.69, 9.17) is 0 Å². The second-order valence-electron chi connectivity index (χ2n) is 5.47. The molecular formula is C15H22OS. The number of rotatable bonds is 5. The number of thioether (sulfide) groups is 1. The minimum absolute atomic E-state index is 0.339. The Morgan fingerprint density at radius 3 is 2.76 bits per heavy atom. The first kappa shape index (κ1) is 13.0. The lowest BCUT2D eigenvalue weighted by molar-refractivity contribution is 0.197. The van der Waals surface area contributed by atoms with Gasteiger partial charge in [-0.15, -0.1) is 11.8 Å². The Kier molecular flexibility index (Phi) is 4.52. The van der Waals surface area contributed by atoms with Gasteiger partial charge in [0, 0.05) is 16.8 Å². The minimum atomic E-state index is 0.339. The Morgan fingerprint density at radius 2 is 2.12 bits per heavy atom. The fourth-order valence-corrected chi connectivity index (χ4v) is 4.12. The van der Waals surface area contributed by atoms with Gasteiger partial charge in [0.25, 0.3) is 0 Å². The van der Waals surface area contributed by atoms with Gasteiger partial charge in [0.15, 0.2) is 0 Å². The van der Waals surface area contributed by atoms with E-state index in [0.29, 0.717) is 23.7 Å². The average Bonchev–Trinajstić information content (AvgIpc) is 2.69. The SMILES string of the molecule is CC(C)CC(CO)CC1Cc2ccccc2S1. The van der Waals surface area contributed by atoms with Crippen LogP contribution >= 0.6 is 11.8 Å². The molecule has 0 amide bonds. The van der Waals surface area contributed by atoms with Crippen molar-refractivity contribution in [3.05, 3.63) is 29.8 Å². The van der Waals surface area contributed by atoms with Crippen LogP contribution in [0.2, 0.25) is 0 Å². The van der Waals surface area contributed by atoms with E-state index in [-0.39, 0.29) is 0 Å². The Morgan fingerprint density at radius 1 is 1.35 bits per heavy atom. The predicted octanol–water partition coefficient (Wildman–Crippen LogP) is 3.75. The highest BCUT2D eigenvalue weighted by Crippen LogP contribution is 2.40. The molecule has 2 unspecified atom stereocenters. The summed E-state index contributed by atoms with van der Waals surface area (Å²) in [5.74, 6) is 1.16. The highest BCUT2D eigenvalue weighted by Gasteiger charge is 2.24. The molecule has 0 saturated heterocycles. The standard InChI is InChI=1S/C15H22OS/c1-11(2)7-12(10-16)8-14-9-13-5-3-4-6-15(13)17-14/h3-6,11-12,14,16H,7-10H2,1-2H3. The molecule has 1 heterocycles. The van der Waals surface area contributed by atoms with Crippen LogP contribution in [0.15, 0.2) is 29.2 Å². The number of benzene rings is 1. The lowest BCUT2D eigenvalue weighted by Gasteiger charge is -2.19. The molecule has 0 saturated carbocycles. The fourth-order valence-electron chi connectivity index (χ4n) is 2.67. The highest BCUT2D eigenvalue weighted by atomic mass is 32.2. The summed E-state index contributed by atoms with van der Waals surface area (Å²) in [7, 11) is 0. The summed E-state index contributed by atoms with van der Waals surface area (Å²) < 4.78 is 0. The van der Waals surface area contributed by atoms with Crippen LogP contribution in [0, 0.1) is 11.8 Å². The summed E-state index contributed by atoms with van der Waals surface area (Å²) in [6.07, 6.45) is 3.47. The van der Waals surface area contributed by atoms with Crippen molar-refractivity contribution in [3.8, 4) is 0 Å². The molecule has 1 nitrogen and oxygen atoms in total. The van der Waals surface area contributed by atoms with Crippen molar-refractivity contribution in [2.24, 2.45) is 11.8 Å². The van der Waals surface area contributed by atoms with Gasteiger partial charge in [-0.2, -0.15) is 0 Å². The summed E-state index contributed by atoms with van der Waals surface area (Å²) in [4.78, 5) is 1.44. The predicted molar refractivity (Wildman–Crippen MR) is 74.4 cm³/mol. The number of hydrogen-bond donors (Lipinski definition) is 1. The van der Waals surface area contributed by atoms with E-state index in [2.05, 4.69) is 38.1 Å². The van der Waals surface area contributed by atoms with Gasteiger partial charge in [-0.05, 0) is 42.7 Å². The molecule has 0 aliphatic carbocycles. The molecule has 2 atom stereocenters. The van der Waals surface area contributed by atoms with E-state index in [1.54, 1.807) is 0 Å². The van der Waals surface area contributed by atoms with Crippen LogP contribution in [0.1, 0.15) is 32.3 Å². The molecule has 0 fully saturated rings. The number of aliphatic hydroxyl groups is 1. The van der Waals surface area contributed by atoms with Gasteiger partial charge in [-0.3, -0.25) is 0 Å². The maximum absolute atomic E-state index is 9.44. The first-order valence-corrected chi connectivity index (χ1v) is 7.42. The quantitative estimate of drug-likeness (QED) is 0.859. The zero-order valence-electron chi connectivity index (χ0n) is 10.7. The van der Waals surface area contributed by atoms with Gasteiger partial charge >= 0.3 is 0 Å². The molecule has 1 aliphatic rings. The molecule has 1 aromatic carbocycles. The molecule has 0 bridgehead atoms. The van der Waals surface area contributed by atoms with E-state index < -0.39 is 0 Å². The van der Waals surface area contributed by atoms with Crippen molar-refractivity contribution in [2.45, 2.75) is 43.3 Å². The summed E-state index contributed by atoms with van der Waals surface area (Å²) in [6, 6.07) is 8.69. The van der Waals surface area contributed by atoms with Crippen LogP contribution in [-0.2, 0) is 6.42 Å². The van der Waals surface area contributed by atoms with E-state index >= 15 is 0 Å². The van der Waals surface area contributed by atoms with Crippen molar-refractivity contribution in [1.29, 1.82) is 0 Å². The second kappa shape index (κ2) is 5.92. The van der Waals surface area contributed by atoms with Crippen LogP contribution in [0.4, 0.5) is 0 Å². The van der Waals surface area contributed by atoms with Crippen LogP contribution in [0.5, 0.6) is 0 Å². The third kappa shape index (κ3) is 3.49. The molecule has 1 N–H and O–H groups in total. The molecule has 2 rings (SSSR count). The van der Waals surface area contributed by atoms with Crippen LogP contribution < -0.4 is 0 Å². The third-order valence-electron chi connectivity index (χ3n) is 3.37. The van der Waals surface area contributed by atoms with Crippen molar-refractivity contribution in [3.63, 3.8) is 0 Å². The van der Waals surface area contributed by atoms with E-state index in [1.165, 1.54) is 16.9 Å². The zero-order valence-corrected chi connectivity index (χ0v) is 11.5. The number of aliphatic hydroxyl groups excluding tert-OH is 1. The average molecular weight is 250 g/mol. The highest BCUT2D eigenvalue weighted by molar-refractivity contribution is 8.00. The van der Waals surface area contributed by atoms with Gasteiger partial charge in [0.2, 0.25) is 0 Å². The Hall–Kier alpha value is -0.470. The van der Waals surface area contributed by atoms with Crippen molar-refractivity contribution < 1.29 is 5.11 Å². The van der Waals surface area contributed by atoms with Crippen LogP contribution in [0.3, 0.4) is 0 Å². The maximum atomic E-state index is 9.44. The third-order valence-corrected chi connectivity index (χ3v) is 4.72. The second-order valence-corrected chi connectivity index (χ2v) is 6.81. The molecule has 17 heavy (non-hydrogen) atoms. The largest absolute Gasteiger partial charge is 0.396 e. The van der Waals surface area contributed by atoms with Crippen LogP contribution in [-0.4, -0.2) is 17.0 Å². The van der Waals surface area contributed by atoms with Crippen LogP contribution in [0.25, 0.3) is 0 Å². The monoisotopic (exact) mass is 250 g/mol. The fraction of sp³-hybridized carbons (Fsp3) is 0.600.